The summed E-state index contributed by atoms with van der Waals surface area (Å²) in [6.45, 7) is 1.55. The summed E-state index contributed by atoms with van der Waals surface area (Å²) in [6, 6.07) is 6.15. The molecule has 2 aliphatic heterocycles. The summed E-state index contributed by atoms with van der Waals surface area (Å²) in [5.74, 6) is -1.85. The molecule has 1 N–H and O–H groups in total. The third-order valence-corrected chi connectivity index (χ3v) is 4.96. The van der Waals surface area contributed by atoms with E-state index in [-0.39, 0.29) is 30.7 Å². The maximum atomic E-state index is 13.7. The SMILES string of the molecule is Cl.O=C(O)C1CCN(C(=O)C2(c3cccc(F)c3)CCOCC2)C1. The maximum Gasteiger partial charge on any atom is 0.308 e. The van der Waals surface area contributed by atoms with Crippen LogP contribution in [0.1, 0.15) is 24.8 Å². The number of hydrogen-bond donors (Lipinski definition) is 1. The van der Waals surface area contributed by atoms with Crippen molar-refractivity contribution in [1.82, 2.24) is 4.90 Å². The first-order valence-electron chi connectivity index (χ1n) is 7.89. The van der Waals surface area contributed by atoms with E-state index in [1.807, 2.05) is 0 Å². The van der Waals surface area contributed by atoms with Gasteiger partial charge >= 0.3 is 5.97 Å². The molecule has 132 valence electrons. The van der Waals surface area contributed by atoms with Crippen LogP contribution in [0.15, 0.2) is 24.3 Å². The second-order valence-electron chi connectivity index (χ2n) is 6.28. The summed E-state index contributed by atoms with van der Waals surface area (Å²) in [7, 11) is 0. The number of aliphatic carboxylic acids is 1. The number of carbonyl (C=O) groups excluding carboxylic acids is 1. The molecular weight excluding hydrogens is 337 g/mol. The van der Waals surface area contributed by atoms with Crippen LogP contribution in [-0.2, 0) is 19.7 Å². The highest BCUT2D eigenvalue weighted by Crippen LogP contribution is 2.38. The van der Waals surface area contributed by atoms with Gasteiger partial charge in [-0.2, -0.15) is 0 Å². The molecule has 7 heteroatoms. The van der Waals surface area contributed by atoms with Crippen LogP contribution in [0, 0.1) is 11.7 Å². The van der Waals surface area contributed by atoms with Crippen molar-refractivity contribution < 1.29 is 23.8 Å². The fourth-order valence-corrected chi connectivity index (χ4v) is 3.58. The zero-order valence-corrected chi connectivity index (χ0v) is 14.1. The van der Waals surface area contributed by atoms with Crippen molar-refractivity contribution in [2.75, 3.05) is 26.3 Å². The Kier molecular flexibility index (Phi) is 5.83. The molecule has 0 radical (unpaired) electrons. The molecule has 2 heterocycles. The standard InChI is InChI=1S/C17H20FNO4.ClH/c18-14-3-1-2-13(10-14)17(5-8-23-9-6-17)16(22)19-7-4-12(11-19)15(20)21;/h1-3,10,12H,4-9,11H2,(H,20,21);1H. The number of nitrogens with zero attached hydrogens (tertiary/aromatic N) is 1. The Morgan fingerprint density at radius 3 is 2.58 bits per heavy atom. The van der Waals surface area contributed by atoms with Crippen LogP contribution in [0.4, 0.5) is 4.39 Å². The third kappa shape index (κ3) is 3.39. The van der Waals surface area contributed by atoms with E-state index in [9.17, 15) is 14.0 Å². The van der Waals surface area contributed by atoms with Gasteiger partial charge in [0.1, 0.15) is 5.82 Å². The summed E-state index contributed by atoms with van der Waals surface area (Å²) >= 11 is 0. The number of hydrogen-bond acceptors (Lipinski definition) is 3. The molecule has 1 atom stereocenters. The van der Waals surface area contributed by atoms with Crippen molar-refractivity contribution in [3.05, 3.63) is 35.6 Å². The van der Waals surface area contributed by atoms with Crippen molar-refractivity contribution in [3.63, 3.8) is 0 Å². The molecular formula is C17H21ClFNO4. The molecule has 24 heavy (non-hydrogen) atoms. The Bertz CT molecular complexity index is 618. The smallest absolute Gasteiger partial charge is 0.308 e. The Morgan fingerprint density at radius 1 is 1.29 bits per heavy atom. The van der Waals surface area contributed by atoms with Crippen LogP contribution in [0.5, 0.6) is 0 Å². The van der Waals surface area contributed by atoms with Gasteiger partial charge in [0.05, 0.1) is 11.3 Å². The van der Waals surface area contributed by atoms with Gasteiger partial charge in [-0.3, -0.25) is 9.59 Å². The number of likely N-dealkylation sites (tertiary alicyclic amines) is 1. The van der Waals surface area contributed by atoms with Crippen LogP contribution in [0.25, 0.3) is 0 Å². The molecule has 3 rings (SSSR count). The van der Waals surface area contributed by atoms with E-state index >= 15 is 0 Å². The third-order valence-electron chi connectivity index (χ3n) is 4.96. The molecule has 2 saturated heterocycles. The lowest BCUT2D eigenvalue weighted by molar-refractivity contribution is -0.143. The van der Waals surface area contributed by atoms with Crippen molar-refractivity contribution >= 4 is 24.3 Å². The Balaban J connectivity index is 0.00000208. The predicted octanol–water partition coefficient (Wildman–Crippen LogP) is 2.23. The number of ether oxygens (including phenoxy) is 1. The minimum Gasteiger partial charge on any atom is -0.481 e. The molecule has 1 amide bonds. The summed E-state index contributed by atoms with van der Waals surface area (Å²) in [5, 5.41) is 9.13. The fourth-order valence-electron chi connectivity index (χ4n) is 3.58. The number of carbonyl (C=O) groups is 2. The van der Waals surface area contributed by atoms with Gasteiger partial charge < -0.3 is 14.7 Å². The van der Waals surface area contributed by atoms with E-state index in [1.165, 1.54) is 12.1 Å². The van der Waals surface area contributed by atoms with Gasteiger partial charge in [-0.05, 0) is 37.0 Å². The van der Waals surface area contributed by atoms with Crippen molar-refractivity contribution in [2.24, 2.45) is 5.92 Å². The molecule has 2 aliphatic rings. The Labute approximate surface area is 146 Å². The number of rotatable bonds is 3. The number of carboxylic acids is 1. The Hall–Kier alpha value is -1.66. The monoisotopic (exact) mass is 357 g/mol. The van der Waals surface area contributed by atoms with Crippen molar-refractivity contribution in [2.45, 2.75) is 24.7 Å². The van der Waals surface area contributed by atoms with Gasteiger partial charge in [0.15, 0.2) is 0 Å². The summed E-state index contributed by atoms with van der Waals surface area (Å²) in [6.07, 6.45) is 1.45. The lowest BCUT2D eigenvalue weighted by Gasteiger charge is -2.39. The molecule has 2 fully saturated rings. The molecule has 5 nitrogen and oxygen atoms in total. The van der Waals surface area contributed by atoms with E-state index < -0.39 is 17.3 Å². The molecule has 0 bridgehead atoms. The zero-order chi connectivity index (χ0) is 16.4. The van der Waals surface area contributed by atoms with E-state index in [2.05, 4.69) is 0 Å². The van der Waals surface area contributed by atoms with Crippen molar-refractivity contribution in [1.29, 1.82) is 0 Å². The second-order valence-corrected chi connectivity index (χ2v) is 6.28. The first-order chi connectivity index (χ1) is 11.0. The predicted molar refractivity (Wildman–Crippen MR) is 87.7 cm³/mol. The topological polar surface area (TPSA) is 66.8 Å². The molecule has 0 aromatic heterocycles. The highest BCUT2D eigenvalue weighted by atomic mass is 35.5. The summed E-state index contributed by atoms with van der Waals surface area (Å²) in [4.78, 5) is 25.9. The van der Waals surface area contributed by atoms with Crippen LogP contribution < -0.4 is 0 Å². The first kappa shape index (κ1) is 18.7. The number of benzene rings is 1. The number of carboxylic acid groups (broad SMARTS) is 1. The van der Waals surface area contributed by atoms with Crippen LogP contribution in [0.2, 0.25) is 0 Å². The average Bonchev–Trinajstić information content (AvgIpc) is 3.05. The van der Waals surface area contributed by atoms with Gasteiger partial charge in [0.2, 0.25) is 5.91 Å². The van der Waals surface area contributed by atoms with Gasteiger partial charge in [-0.15, -0.1) is 12.4 Å². The number of amides is 1. The molecule has 0 spiro atoms. The van der Waals surface area contributed by atoms with E-state index in [1.54, 1.807) is 17.0 Å². The molecule has 0 saturated carbocycles. The Morgan fingerprint density at radius 2 is 2.00 bits per heavy atom. The summed E-state index contributed by atoms with van der Waals surface area (Å²) in [5.41, 5.74) is -0.155. The van der Waals surface area contributed by atoms with Gasteiger partial charge in [0.25, 0.3) is 0 Å². The first-order valence-corrected chi connectivity index (χ1v) is 7.89. The van der Waals surface area contributed by atoms with E-state index in [4.69, 9.17) is 9.84 Å². The lowest BCUT2D eigenvalue weighted by atomic mass is 9.73. The minimum atomic E-state index is -0.868. The van der Waals surface area contributed by atoms with Gasteiger partial charge in [0, 0.05) is 26.3 Å². The van der Waals surface area contributed by atoms with Crippen LogP contribution in [0.3, 0.4) is 0 Å². The maximum absolute atomic E-state index is 13.7. The molecule has 1 aromatic carbocycles. The second kappa shape index (κ2) is 7.49. The lowest BCUT2D eigenvalue weighted by Crippen LogP contribution is -2.49. The van der Waals surface area contributed by atoms with E-state index in [0.717, 1.165) is 0 Å². The van der Waals surface area contributed by atoms with Crippen molar-refractivity contribution in [3.8, 4) is 0 Å². The average molecular weight is 358 g/mol. The van der Waals surface area contributed by atoms with Crippen LogP contribution >= 0.6 is 12.4 Å². The molecule has 0 aliphatic carbocycles. The minimum absolute atomic E-state index is 0. The van der Waals surface area contributed by atoms with Gasteiger partial charge in [-0.1, -0.05) is 12.1 Å². The highest BCUT2D eigenvalue weighted by Gasteiger charge is 2.46. The largest absolute Gasteiger partial charge is 0.481 e. The molecule has 1 unspecified atom stereocenters. The fraction of sp³-hybridized carbons (Fsp3) is 0.529. The van der Waals surface area contributed by atoms with E-state index in [0.29, 0.717) is 44.6 Å². The number of halogens is 2. The quantitative estimate of drug-likeness (QED) is 0.900. The summed E-state index contributed by atoms with van der Waals surface area (Å²) < 4.78 is 19.1. The highest BCUT2D eigenvalue weighted by molar-refractivity contribution is 5.89. The zero-order valence-electron chi connectivity index (χ0n) is 13.2. The molecule has 1 aromatic rings. The normalized spacial score (nSPS) is 22.7. The van der Waals surface area contributed by atoms with Gasteiger partial charge in [-0.25, -0.2) is 4.39 Å². The van der Waals surface area contributed by atoms with Crippen LogP contribution in [-0.4, -0.2) is 48.2 Å².